The van der Waals surface area contributed by atoms with E-state index in [0.717, 1.165) is 17.7 Å². The van der Waals surface area contributed by atoms with E-state index in [1.807, 2.05) is 37.3 Å². The standard InChI is InChI=1S/C19H23N3O/c1-13-5-7-15(8-6-13)18(23)12-21-19(20)22-17-10-9-14-3-2-4-16(14)11-17/h5-11,18,23H,2-4,12H2,1H3,(H3,20,21,22). The normalized spacial score (nSPS) is 15.3. The number of benzene rings is 2. The van der Waals surface area contributed by atoms with Gasteiger partial charge in [0.05, 0.1) is 12.6 Å². The van der Waals surface area contributed by atoms with Gasteiger partial charge in [-0.3, -0.25) is 4.99 Å². The molecule has 0 bridgehead atoms. The van der Waals surface area contributed by atoms with Gasteiger partial charge in [-0.1, -0.05) is 35.9 Å². The van der Waals surface area contributed by atoms with Gasteiger partial charge in [-0.2, -0.15) is 0 Å². The van der Waals surface area contributed by atoms with Gasteiger partial charge in [-0.15, -0.1) is 0 Å². The van der Waals surface area contributed by atoms with Crippen molar-refractivity contribution in [1.29, 1.82) is 0 Å². The SMILES string of the molecule is Cc1ccc(C(O)CN=C(N)Nc2ccc3c(c2)CCC3)cc1. The highest BCUT2D eigenvalue weighted by molar-refractivity contribution is 5.92. The third-order valence-electron chi connectivity index (χ3n) is 4.27. The first-order valence-electron chi connectivity index (χ1n) is 8.05. The monoisotopic (exact) mass is 309 g/mol. The minimum atomic E-state index is -0.643. The summed E-state index contributed by atoms with van der Waals surface area (Å²) in [5.41, 5.74) is 11.7. The minimum Gasteiger partial charge on any atom is -0.386 e. The Balaban J connectivity index is 1.60. The first-order chi connectivity index (χ1) is 11.1. The summed E-state index contributed by atoms with van der Waals surface area (Å²) < 4.78 is 0. The van der Waals surface area contributed by atoms with Crippen molar-refractivity contribution in [2.45, 2.75) is 32.3 Å². The van der Waals surface area contributed by atoms with Crippen LogP contribution in [0, 0.1) is 6.92 Å². The first-order valence-corrected chi connectivity index (χ1v) is 8.05. The van der Waals surface area contributed by atoms with Crippen molar-refractivity contribution in [3.63, 3.8) is 0 Å². The number of anilines is 1. The molecule has 0 saturated heterocycles. The first kappa shape index (κ1) is 15.6. The summed E-state index contributed by atoms with van der Waals surface area (Å²) in [5, 5.41) is 13.3. The Bertz CT molecular complexity index is 707. The van der Waals surface area contributed by atoms with E-state index in [2.05, 4.69) is 22.4 Å². The van der Waals surface area contributed by atoms with Crippen molar-refractivity contribution in [3.8, 4) is 0 Å². The van der Waals surface area contributed by atoms with Gasteiger partial charge in [0.1, 0.15) is 0 Å². The van der Waals surface area contributed by atoms with Crippen LogP contribution in [0.4, 0.5) is 5.69 Å². The van der Waals surface area contributed by atoms with E-state index in [0.29, 0.717) is 5.96 Å². The molecule has 0 fully saturated rings. The molecule has 0 radical (unpaired) electrons. The Labute approximate surface area is 137 Å². The Kier molecular flexibility index (Phi) is 4.63. The Hall–Kier alpha value is -2.33. The van der Waals surface area contributed by atoms with Gasteiger partial charge in [-0.25, -0.2) is 0 Å². The van der Waals surface area contributed by atoms with Crippen molar-refractivity contribution in [2.75, 3.05) is 11.9 Å². The van der Waals surface area contributed by atoms with Crippen LogP contribution in [-0.4, -0.2) is 17.6 Å². The average molecular weight is 309 g/mol. The molecule has 0 aromatic heterocycles. The highest BCUT2D eigenvalue weighted by Crippen LogP contribution is 2.24. The molecule has 0 amide bonds. The van der Waals surface area contributed by atoms with Gasteiger partial charge in [0.15, 0.2) is 5.96 Å². The van der Waals surface area contributed by atoms with Gasteiger partial charge in [0.25, 0.3) is 0 Å². The van der Waals surface area contributed by atoms with Crippen LogP contribution < -0.4 is 11.1 Å². The van der Waals surface area contributed by atoms with Crippen LogP contribution in [0.2, 0.25) is 0 Å². The third kappa shape index (κ3) is 3.90. The molecule has 0 saturated carbocycles. The van der Waals surface area contributed by atoms with Crippen molar-refractivity contribution in [1.82, 2.24) is 0 Å². The fourth-order valence-electron chi connectivity index (χ4n) is 2.92. The zero-order chi connectivity index (χ0) is 16.2. The minimum absolute atomic E-state index is 0.243. The molecule has 2 aromatic carbocycles. The summed E-state index contributed by atoms with van der Waals surface area (Å²) in [6, 6.07) is 14.1. The van der Waals surface area contributed by atoms with E-state index in [1.54, 1.807) is 0 Å². The third-order valence-corrected chi connectivity index (χ3v) is 4.27. The molecule has 0 spiro atoms. The van der Waals surface area contributed by atoms with E-state index >= 15 is 0 Å². The smallest absolute Gasteiger partial charge is 0.193 e. The van der Waals surface area contributed by atoms with Crippen molar-refractivity contribution >= 4 is 11.6 Å². The van der Waals surface area contributed by atoms with Crippen LogP contribution in [0.1, 0.15) is 34.8 Å². The Morgan fingerprint density at radius 1 is 1.17 bits per heavy atom. The van der Waals surface area contributed by atoms with E-state index in [4.69, 9.17) is 5.73 Å². The van der Waals surface area contributed by atoms with Crippen molar-refractivity contribution < 1.29 is 5.11 Å². The lowest BCUT2D eigenvalue weighted by Crippen LogP contribution is -2.23. The van der Waals surface area contributed by atoms with Crippen LogP contribution in [0.25, 0.3) is 0 Å². The van der Waals surface area contributed by atoms with Crippen LogP contribution in [0.15, 0.2) is 47.5 Å². The number of hydrogen-bond acceptors (Lipinski definition) is 2. The molecule has 1 aliphatic carbocycles. The molecule has 1 aliphatic rings. The molecule has 4 N–H and O–H groups in total. The number of aliphatic imine (C=N–C) groups is 1. The number of fused-ring (bicyclic) bond motifs is 1. The maximum atomic E-state index is 10.2. The summed E-state index contributed by atoms with van der Waals surface area (Å²) in [7, 11) is 0. The topological polar surface area (TPSA) is 70.6 Å². The summed E-state index contributed by atoms with van der Waals surface area (Å²) in [6.45, 7) is 2.26. The number of nitrogens with two attached hydrogens (primary N) is 1. The summed E-state index contributed by atoms with van der Waals surface area (Å²) in [4.78, 5) is 4.25. The number of aliphatic hydroxyl groups is 1. The molecule has 4 heteroatoms. The summed E-state index contributed by atoms with van der Waals surface area (Å²) in [5.74, 6) is 0.328. The van der Waals surface area contributed by atoms with E-state index in [1.165, 1.54) is 29.5 Å². The lowest BCUT2D eigenvalue weighted by molar-refractivity contribution is 0.187. The fraction of sp³-hybridized carbons (Fsp3) is 0.316. The van der Waals surface area contributed by atoms with Crippen LogP contribution in [0.3, 0.4) is 0 Å². The second-order valence-electron chi connectivity index (χ2n) is 6.11. The zero-order valence-corrected chi connectivity index (χ0v) is 13.4. The molecule has 23 heavy (non-hydrogen) atoms. The van der Waals surface area contributed by atoms with Crippen molar-refractivity contribution in [3.05, 3.63) is 64.7 Å². The number of guanidine groups is 1. The van der Waals surface area contributed by atoms with E-state index in [9.17, 15) is 5.11 Å². The van der Waals surface area contributed by atoms with Crippen LogP contribution >= 0.6 is 0 Å². The predicted molar refractivity (Wildman–Crippen MR) is 94.7 cm³/mol. The molecule has 1 unspecified atom stereocenters. The number of nitrogens with one attached hydrogen (secondary N) is 1. The predicted octanol–water partition coefficient (Wildman–Crippen LogP) is 2.94. The summed E-state index contributed by atoms with van der Waals surface area (Å²) >= 11 is 0. The maximum absolute atomic E-state index is 10.2. The average Bonchev–Trinajstić information content (AvgIpc) is 3.01. The van der Waals surface area contributed by atoms with E-state index in [-0.39, 0.29) is 6.54 Å². The van der Waals surface area contributed by atoms with E-state index < -0.39 is 6.10 Å². The molecular formula is C19H23N3O. The highest BCUT2D eigenvalue weighted by atomic mass is 16.3. The zero-order valence-electron chi connectivity index (χ0n) is 13.4. The molecule has 1 atom stereocenters. The van der Waals surface area contributed by atoms with Gasteiger partial charge >= 0.3 is 0 Å². The van der Waals surface area contributed by atoms with Gasteiger partial charge < -0.3 is 16.2 Å². The quantitative estimate of drug-likeness (QED) is 0.601. The molecule has 0 heterocycles. The lowest BCUT2D eigenvalue weighted by Gasteiger charge is -2.11. The molecule has 3 rings (SSSR count). The number of hydrogen-bond donors (Lipinski definition) is 3. The molecule has 4 nitrogen and oxygen atoms in total. The number of aliphatic hydroxyl groups excluding tert-OH is 1. The Morgan fingerprint density at radius 2 is 1.91 bits per heavy atom. The summed E-state index contributed by atoms with van der Waals surface area (Å²) in [6.07, 6.45) is 2.89. The number of aryl methyl sites for hydroxylation is 3. The maximum Gasteiger partial charge on any atom is 0.193 e. The Morgan fingerprint density at radius 3 is 2.70 bits per heavy atom. The lowest BCUT2D eigenvalue weighted by atomic mass is 10.1. The highest BCUT2D eigenvalue weighted by Gasteiger charge is 2.11. The van der Waals surface area contributed by atoms with Crippen LogP contribution in [-0.2, 0) is 12.8 Å². The number of rotatable bonds is 4. The second-order valence-corrected chi connectivity index (χ2v) is 6.11. The van der Waals surface area contributed by atoms with Crippen molar-refractivity contribution in [2.24, 2.45) is 10.7 Å². The van der Waals surface area contributed by atoms with Gasteiger partial charge in [0, 0.05) is 5.69 Å². The largest absolute Gasteiger partial charge is 0.386 e. The molecular weight excluding hydrogens is 286 g/mol. The van der Waals surface area contributed by atoms with Crippen LogP contribution in [0.5, 0.6) is 0 Å². The van der Waals surface area contributed by atoms with Gasteiger partial charge in [0.2, 0.25) is 0 Å². The second kappa shape index (κ2) is 6.84. The molecule has 0 aliphatic heterocycles. The fourth-order valence-corrected chi connectivity index (χ4v) is 2.92. The molecule has 120 valence electrons. The van der Waals surface area contributed by atoms with Gasteiger partial charge in [-0.05, 0) is 55.0 Å². The molecule has 2 aromatic rings. The number of nitrogens with zero attached hydrogens (tertiary/aromatic N) is 1.